The van der Waals surface area contributed by atoms with Crippen LogP contribution in [0, 0.1) is 5.82 Å². The summed E-state index contributed by atoms with van der Waals surface area (Å²) in [5.41, 5.74) is 0.262. The van der Waals surface area contributed by atoms with Gasteiger partial charge in [0.05, 0.1) is 12.1 Å². The number of benzene rings is 1. The van der Waals surface area contributed by atoms with Gasteiger partial charge in [0.25, 0.3) is 0 Å². The monoisotopic (exact) mass is 335 g/mol. The summed E-state index contributed by atoms with van der Waals surface area (Å²) in [6, 6.07) is 6.08. The number of nitrogens with zero attached hydrogens (tertiary/aromatic N) is 3. The van der Waals surface area contributed by atoms with Crippen molar-refractivity contribution in [2.45, 2.75) is 12.0 Å². The van der Waals surface area contributed by atoms with Crippen LogP contribution in [0.2, 0.25) is 0 Å². The Morgan fingerprint density at radius 1 is 1.38 bits per heavy atom. The maximum Gasteiger partial charge on any atom is 0.248 e. The van der Waals surface area contributed by atoms with E-state index in [0.29, 0.717) is 25.3 Å². The number of piperazine rings is 1. The first kappa shape index (κ1) is 16.9. The lowest BCUT2D eigenvalue weighted by Crippen LogP contribution is -2.64. The number of amides is 2. The minimum atomic E-state index is -0.364. The Kier molecular flexibility index (Phi) is 4.56. The second-order valence-electron chi connectivity index (χ2n) is 6.54. The highest BCUT2D eigenvalue weighted by molar-refractivity contribution is 5.96. The third-order valence-electron chi connectivity index (χ3n) is 5.01. The first-order chi connectivity index (χ1) is 11.4. The van der Waals surface area contributed by atoms with Crippen LogP contribution >= 0.6 is 0 Å². The van der Waals surface area contributed by atoms with Crippen molar-refractivity contribution in [2.24, 2.45) is 0 Å². The van der Waals surface area contributed by atoms with E-state index in [2.05, 4.69) is 0 Å². The molecule has 1 atom stereocenters. The van der Waals surface area contributed by atoms with E-state index in [1.807, 2.05) is 11.9 Å². The van der Waals surface area contributed by atoms with Crippen molar-refractivity contribution in [3.63, 3.8) is 0 Å². The number of rotatable bonds is 3. The van der Waals surface area contributed by atoms with Gasteiger partial charge in [-0.25, -0.2) is 4.39 Å². The normalized spacial score (nSPS) is 24.9. The van der Waals surface area contributed by atoms with E-state index < -0.39 is 0 Å². The zero-order valence-electron chi connectivity index (χ0n) is 14.0. The van der Waals surface area contributed by atoms with Crippen molar-refractivity contribution < 1.29 is 18.7 Å². The molecule has 0 bridgehead atoms. The first-order valence-corrected chi connectivity index (χ1v) is 7.99. The van der Waals surface area contributed by atoms with Crippen LogP contribution in [0.1, 0.15) is 6.42 Å². The number of hydrogen-bond acceptors (Lipinski definition) is 4. The fourth-order valence-electron chi connectivity index (χ4n) is 3.56. The average molecular weight is 335 g/mol. The van der Waals surface area contributed by atoms with Gasteiger partial charge in [0.2, 0.25) is 11.8 Å². The number of likely N-dealkylation sites (tertiary alicyclic amines) is 1. The Morgan fingerprint density at radius 3 is 2.88 bits per heavy atom. The molecule has 0 aliphatic carbocycles. The minimum Gasteiger partial charge on any atom is -0.375 e. The van der Waals surface area contributed by atoms with Gasteiger partial charge >= 0.3 is 0 Å². The molecule has 2 heterocycles. The highest BCUT2D eigenvalue weighted by Crippen LogP contribution is 2.33. The van der Waals surface area contributed by atoms with Crippen LogP contribution in [0.5, 0.6) is 0 Å². The number of methoxy groups -OCH3 is 1. The van der Waals surface area contributed by atoms with Crippen molar-refractivity contribution in [3.8, 4) is 0 Å². The SMILES string of the molecule is COCC(=O)N1CCC2(C1)CN(c1cccc(F)c1)C(=O)CN2C. The number of anilines is 1. The van der Waals surface area contributed by atoms with Crippen molar-refractivity contribution in [2.75, 3.05) is 51.8 Å². The van der Waals surface area contributed by atoms with Gasteiger partial charge in [-0.2, -0.15) is 0 Å². The minimum absolute atomic E-state index is 0.0445. The summed E-state index contributed by atoms with van der Waals surface area (Å²) in [5, 5.41) is 0. The van der Waals surface area contributed by atoms with E-state index in [1.165, 1.54) is 19.2 Å². The number of carbonyl (C=O) groups is 2. The van der Waals surface area contributed by atoms with Crippen molar-refractivity contribution in [3.05, 3.63) is 30.1 Å². The summed E-state index contributed by atoms with van der Waals surface area (Å²) in [7, 11) is 3.41. The Hall–Kier alpha value is -1.99. The second-order valence-corrected chi connectivity index (χ2v) is 6.54. The van der Waals surface area contributed by atoms with Crippen LogP contribution in [0.3, 0.4) is 0 Å². The third-order valence-corrected chi connectivity index (χ3v) is 5.01. The van der Waals surface area contributed by atoms with E-state index >= 15 is 0 Å². The zero-order chi connectivity index (χ0) is 17.3. The molecule has 3 rings (SSSR count). The average Bonchev–Trinajstić information content (AvgIpc) is 2.97. The zero-order valence-corrected chi connectivity index (χ0v) is 14.0. The van der Waals surface area contributed by atoms with Crippen LogP contribution in [0.4, 0.5) is 10.1 Å². The molecule has 2 fully saturated rings. The first-order valence-electron chi connectivity index (χ1n) is 7.99. The van der Waals surface area contributed by atoms with E-state index in [1.54, 1.807) is 21.9 Å². The predicted octanol–water partition coefficient (Wildman–Crippen LogP) is 0.722. The molecule has 0 radical (unpaired) electrons. The molecule has 7 heteroatoms. The highest BCUT2D eigenvalue weighted by Gasteiger charge is 2.48. The molecule has 2 aliphatic heterocycles. The lowest BCUT2D eigenvalue weighted by Gasteiger charge is -2.46. The summed E-state index contributed by atoms with van der Waals surface area (Å²) in [6.07, 6.45) is 0.776. The van der Waals surface area contributed by atoms with Crippen LogP contribution in [0.15, 0.2) is 24.3 Å². The molecule has 1 unspecified atom stereocenters. The standard InChI is InChI=1S/C17H22FN3O3/c1-19-9-15(22)21(14-5-3-4-13(18)8-14)12-17(19)6-7-20(11-17)16(23)10-24-2/h3-5,8H,6-7,9-12H2,1-2H3. The molecule has 1 aromatic rings. The molecule has 0 aromatic heterocycles. The molecule has 1 aromatic carbocycles. The molecule has 1 spiro atoms. The van der Waals surface area contributed by atoms with Crippen LogP contribution in [-0.4, -0.2) is 74.1 Å². The molecular weight excluding hydrogens is 313 g/mol. The van der Waals surface area contributed by atoms with Gasteiger partial charge < -0.3 is 14.5 Å². The molecular formula is C17H22FN3O3. The van der Waals surface area contributed by atoms with Gasteiger partial charge in [-0.15, -0.1) is 0 Å². The van der Waals surface area contributed by atoms with E-state index in [-0.39, 0.29) is 36.3 Å². The highest BCUT2D eigenvalue weighted by atomic mass is 19.1. The summed E-state index contributed by atoms with van der Waals surface area (Å²) < 4.78 is 18.5. The van der Waals surface area contributed by atoms with Crippen molar-refractivity contribution >= 4 is 17.5 Å². The molecule has 2 amide bonds. The summed E-state index contributed by atoms with van der Waals surface area (Å²) in [6.45, 7) is 1.94. The number of carbonyl (C=O) groups excluding carboxylic acids is 2. The smallest absolute Gasteiger partial charge is 0.248 e. The van der Waals surface area contributed by atoms with Gasteiger partial charge in [-0.1, -0.05) is 6.07 Å². The molecule has 2 saturated heterocycles. The molecule has 0 saturated carbocycles. The summed E-state index contributed by atoms with van der Waals surface area (Å²) in [4.78, 5) is 30.0. The van der Waals surface area contributed by atoms with Gasteiger partial charge in [-0.3, -0.25) is 14.5 Å². The largest absolute Gasteiger partial charge is 0.375 e. The molecule has 2 aliphatic rings. The summed E-state index contributed by atoms with van der Waals surface area (Å²) >= 11 is 0. The Labute approximate surface area is 140 Å². The maximum absolute atomic E-state index is 13.5. The molecule has 130 valence electrons. The third kappa shape index (κ3) is 3.01. The fraction of sp³-hybridized carbons (Fsp3) is 0.529. The Balaban J connectivity index is 1.81. The number of likely N-dealkylation sites (N-methyl/N-ethyl adjacent to an activating group) is 1. The summed E-state index contributed by atoms with van der Waals surface area (Å²) in [5.74, 6) is -0.469. The van der Waals surface area contributed by atoms with Crippen LogP contribution < -0.4 is 4.90 Å². The van der Waals surface area contributed by atoms with Crippen LogP contribution in [-0.2, 0) is 14.3 Å². The molecule has 24 heavy (non-hydrogen) atoms. The predicted molar refractivity (Wildman–Crippen MR) is 87.2 cm³/mol. The van der Waals surface area contributed by atoms with Gasteiger partial charge in [0.15, 0.2) is 0 Å². The number of ether oxygens (including phenoxy) is 1. The second kappa shape index (κ2) is 6.49. The van der Waals surface area contributed by atoms with Crippen molar-refractivity contribution in [1.82, 2.24) is 9.80 Å². The van der Waals surface area contributed by atoms with Gasteiger partial charge in [-0.05, 0) is 31.7 Å². The lowest BCUT2D eigenvalue weighted by atomic mass is 9.92. The van der Waals surface area contributed by atoms with Crippen molar-refractivity contribution in [1.29, 1.82) is 0 Å². The topological polar surface area (TPSA) is 53.1 Å². The Morgan fingerprint density at radius 2 is 2.17 bits per heavy atom. The van der Waals surface area contributed by atoms with E-state index in [9.17, 15) is 14.0 Å². The Bertz CT molecular complexity index is 654. The van der Waals surface area contributed by atoms with E-state index in [4.69, 9.17) is 4.74 Å². The molecule has 0 N–H and O–H groups in total. The maximum atomic E-state index is 13.5. The van der Waals surface area contributed by atoms with Gasteiger partial charge in [0.1, 0.15) is 12.4 Å². The molecule has 6 nitrogen and oxygen atoms in total. The quantitative estimate of drug-likeness (QED) is 0.817. The number of hydrogen-bond donors (Lipinski definition) is 0. The van der Waals surface area contributed by atoms with Crippen LogP contribution in [0.25, 0.3) is 0 Å². The van der Waals surface area contributed by atoms with E-state index in [0.717, 1.165) is 6.42 Å². The lowest BCUT2D eigenvalue weighted by molar-refractivity contribution is -0.134. The van der Waals surface area contributed by atoms with Gasteiger partial charge in [0, 0.05) is 32.4 Å². The number of halogens is 1. The fourth-order valence-corrected chi connectivity index (χ4v) is 3.56.